The third-order valence-corrected chi connectivity index (χ3v) is 2.78. The van der Waals surface area contributed by atoms with Crippen molar-refractivity contribution in [1.29, 1.82) is 0 Å². The minimum absolute atomic E-state index is 0.135. The summed E-state index contributed by atoms with van der Waals surface area (Å²) in [5.74, 6) is 0. The Morgan fingerprint density at radius 2 is 2.38 bits per heavy atom. The van der Waals surface area contributed by atoms with Gasteiger partial charge in [0.05, 0.1) is 12.3 Å². The zero-order chi connectivity index (χ0) is 11.7. The molecule has 1 aromatic carbocycles. The van der Waals surface area contributed by atoms with Crippen molar-refractivity contribution in [3.63, 3.8) is 0 Å². The number of benzene rings is 1. The van der Waals surface area contributed by atoms with E-state index in [1.165, 1.54) is 0 Å². The van der Waals surface area contributed by atoms with E-state index in [1.807, 2.05) is 32.0 Å². The summed E-state index contributed by atoms with van der Waals surface area (Å²) in [4.78, 5) is 13.5. The molecule has 2 rings (SSSR count). The Labute approximate surface area is 95.0 Å². The molecule has 0 saturated heterocycles. The summed E-state index contributed by atoms with van der Waals surface area (Å²) in [6, 6.07) is 5.75. The highest BCUT2D eigenvalue weighted by Gasteiger charge is 2.31. The molecule has 0 aromatic heterocycles. The van der Waals surface area contributed by atoms with Crippen LogP contribution in [0.25, 0.3) is 0 Å². The van der Waals surface area contributed by atoms with E-state index in [0.717, 1.165) is 23.4 Å². The van der Waals surface area contributed by atoms with Gasteiger partial charge in [-0.3, -0.25) is 4.90 Å². The molecule has 1 aliphatic rings. The Morgan fingerprint density at radius 3 is 3.06 bits per heavy atom. The van der Waals surface area contributed by atoms with Crippen LogP contribution in [0.15, 0.2) is 18.2 Å². The third-order valence-electron chi connectivity index (χ3n) is 2.78. The van der Waals surface area contributed by atoms with Crippen LogP contribution in [0, 0.1) is 0 Å². The zero-order valence-electron chi connectivity index (χ0n) is 9.56. The molecule has 0 radical (unpaired) electrons. The van der Waals surface area contributed by atoms with Crippen molar-refractivity contribution in [3.8, 4) is 0 Å². The molecule has 1 unspecified atom stereocenters. The largest absolute Gasteiger partial charge is 0.449 e. The fourth-order valence-electron chi connectivity index (χ4n) is 2.12. The molecule has 0 bridgehead atoms. The number of nitrogen functional groups attached to an aromatic ring is 1. The lowest BCUT2D eigenvalue weighted by molar-refractivity contribution is 0.158. The molecule has 0 fully saturated rings. The molecule has 4 heteroatoms. The van der Waals surface area contributed by atoms with Crippen molar-refractivity contribution in [2.75, 3.05) is 17.2 Å². The highest BCUT2D eigenvalue weighted by atomic mass is 16.6. The molecule has 86 valence electrons. The van der Waals surface area contributed by atoms with Crippen LogP contribution in [0.4, 0.5) is 16.2 Å². The highest BCUT2D eigenvalue weighted by Crippen LogP contribution is 2.33. The average molecular weight is 220 g/mol. The van der Waals surface area contributed by atoms with Crippen molar-refractivity contribution < 1.29 is 9.53 Å². The smallest absolute Gasteiger partial charge is 0.414 e. The molecule has 1 amide bonds. The molecule has 1 aromatic rings. The molecule has 1 atom stereocenters. The summed E-state index contributed by atoms with van der Waals surface area (Å²) >= 11 is 0. The Hall–Kier alpha value is -1.71. The van der Waals surface area contributed by atoms with E-state index >= 15 is 0 Å². The van der Waals surface area contributed by atoms with E-state index in [9.17, 15) is 4.79 Å². The van der Waals surface area contributed by atoms with E-state index in [-0.39, 0.29) is 12.1 Å². The number of carbonyl (C=O) groups excluding carboxylic acids is 1. The van der Waals surface area contributed by atoms with E-state index < -0.39 is 0 Å². The van der Waals surface area contributed by atoms with Crippen molar-refractivity contribution in [2.24, 2.45) is 0 Å². The molecular weight excluding hydrogens is 204 g/mol. The summed E-state index contributed by atoms with van der Waals surface area (Å²) < 4.78 is 5.04. The van der Waals surface area contributed by atoms with E-state index in [1.54, 1.807) is 4.90 Å². The normalized spacial score (nSPS) is 18.4. The maximum absolute atomic E-state index is 11.8. The molecule has 2 N–H and O–H groups in total. The Morgan fingerprint density at radius 1 is 1.62 bits per heavy atom. The van der Waals surface area contributed by atoms with Gasteiger partial charge in [-0.15, -0.1) is 0 Å². The van der Waals surface area contributed by atoms with Crippen LogP contribution in [-0.2, 0) is 11.2 Å². The summed E-state index contributed by atoms with van der Waals surface area (Å²) in [5.41, 5.74) is 8.48. The summed E-state index contributed by atoms with van der Waals surface area (Å²) in [6.45, 7) is 4.21. The van der Waals surface area contributed by atoms with E-state index in [4.69, 9.17) is 10.5 Å². The van der Waals surface area contributed by atoms with E-state index in [2.05, 4.69) is 0 Å². The second kappa shape index (κ2) is 4.04. The van der Waals surface area contributed by atoms with Crippen molar-refractivity contribution >= 4 is 17.5 Å². The quantitative estimate of drug-likeness (QED) is 0.738. The van der Waals surface area contributed by atoms with Gasteiger partial charge >= 0.3 is 6.09 Å². The maximum Gasteiger partial charge on any atom is 0.414 e. The number of nitrogens with zero attached hydrogens (tertiary/aromatic N) is 1. The summed E-state index contributed by atoms with van der Waals surface area (Å²) in [5, 5.41) is 0. The molecule has 4 nitrogen and oxygen atoms in total. The lowest BCUT2D eigenvalue weighted by atomic mass is 10.1. The van der Waals surface area contributed by atoms with Gasteiger partial charge < -0.3 is 10.5 Å². The predicted molar refractivity (Wildman–Crippen MR) is 63.5 cm³/mol. The molecule has 1 heterocycles. The fraction of sp³-hybridized carbons (Fsp3) is 0.417. The zero-order valence-corrected chi connectivity index (χ0v) is 9.56. The first-order chi connectivity index (χ1) is 7.63. The van der Waals surface area contributed by atoms with Crippen molar-refractivity contribution in [1.82, 2.24) is 0 Å². The number of amides is 1. The Kier molecular flexibility index (Phi) is 2.73. The second-order valence-corrected chi connectivity index (χ2v) is 4.01. The minimum atomic E-state index is -0.279. The average Bonchev–Trinajstić information content (AvgIpc) is 2.53. The first-order valence-electron chi connectivity index (χ1n) is 5.48. The third kappa shape index (κ3) is 1.71. The van der Waals surface area contributed by atoms with Crippen LogP contribution in [0.2, 0.25) is 0 Å². The van der Waals surface area contributed by atoms with Crippen LogP contribution >= 0.6 is 0 Å². The van der Waals surface area contributed by atoms with Crippen molar-refractivity contribution in [3.05, 3.63) is 23.8 Å². The SMILES string of the molecule is CCOC(=O)N1c2ccc(N)cc2CC1C. The predicted octanol–water partition coefficient (Wildman–Crippen LogP) is 2.18. The van der Waals surface area contributed by atoms with Crippen LogP contribution in [-0.4, -0.2) is 18.7 Å². The van der Waals surface area contributed by atoms with Crippen LogP contribution < -0.4 is 10.6 Å². The van der Waals surface area contributed by atoms with Gasteiger partial charge in [0.15, 0.2) is 0 Å². The first kappa shape index (κ1) is 10.8. The van der Waals surface area contributed by atoms with Gasteiger partial charge in [-0.1, -0.05) is 0 Å². The van der Waals surface area contributed by atoms with Gasteiger partial charge in [0.2, 0.25) is 0 Å². The van der Waals surface area contributed by atoms with Gasteiger partial charge in [-0.2, -0.15) is 0 Å². The topological polar surface area (TPSA) is 55.6 Å². The molecular formula is C12H16N2O2. The number of ether oxygens (including phenoxy) is 1. The Bertz CT molecular complexity index is 417. The monoisotopic (exact) mass is 220 g/mol. The van der Waals surface area contributed by atoms with Gasteiger partial charge in [-0.25, -0.2) is 4.79 Å². The van der Waals surface area contributed by atoms with Crippen LogP contribution in [0.3, 0.4) is 0 Å². The lowest BCUT2D eigenvalue weighted by Crippen LogP contribution is -2.36. The molecule has 16 heavy (non-hydrogen) atoms. The minimum Gasteiger partial charge on any atom is -0.449 e. The standard InChI is InChI=1S/C12H16N2O2/c1-3-16-12(15)14-8(2)6-9-7-10(13)4-5-11(9)14/h4-5,7-8H,3,6,13H2,1-2H3. The number of hydrogen-bond donors (Lipinski definition) is 1. The number of nitrogens with two attached hydrogens (primary N) is 1. The van der Waals surface area contributed by atoms with Gasteiger partial charge in [0, 0.05) is 11.7 Å². The summed E-state index contributed by atoms with van der Waals surface area (Å²) in [7, 11) is 0. The number of rotatable bonds is 1. The molecule has 0 spiro atoms. The maximum atomic E-state index is 11.8. The van der Waals surface area contributed by atoms with E-state index in [0.29, 0.717) is 6.61 Å². The fourth-order valence-corrected chi connectivity index (χ4v) is 2.12. The highest BCUT2D eigenvalue weighted by molar-refractivity contribution is 5.91. The van der Waals surface area contributed by atoms with Crippen LogP contribution in [0.5, 0.6) is 0 Å². The molecule has 1 aliphatic heterocycles. The number of hydrogen-bond acceptors (Lipinski definition) is 3. The summed E-state index contributed by atoms with van der Waals surface area (Å²) in [6.07, 6.45) is 0.553. The van der Waals surface area contributed by atoms with Gasteiger partial charge in [-0.05, 0) is 44.0 Å². The molecule has 0 saturated carbocycles. The first-order valence-corrected chi connectivity index (χ1v) is 5.48. The van der Waals surface area contributed by atoms with Crippen LogP contribution in [0.1, 0.15) is 19.4 Å². The van der Waals surface area contributed by atoms with Gasteiger partial charge in [0.1, 0.15) is 0 Å². The Balaban J connectivity index is 2.32. The number of anilines is 2. The van der Waals surface area contributed by atoms with Gasteiger partial charge in [0.25, 0.3) is 0 Å². The molecule has 0 aliphatic carbocycles. The lowest BCUT2D eigenvalue weighted by Gasteiger charge is -2.21. The van der Waals surface area contributed by atoms with Crippen molar-refractivity contribution in [2.45, 2.75) is 26.3 Å². The second-order valence-electron chi connectivity index (χ2n) is 4.01. The number of fused-ring (bicyclic) bond motifs is 1. The number of carbonyl (C=O) groups is 1.